The molecule has 0 aliphatic carbocycles. The number of hydrogen-bond acceptors (Lipinski definition) is 4. The van der Waals surface area contributed by atoms with E-state index in [1.807, 2.05) is 13.8 Å². The van der Waals surface area contributed by atoms with Crippen molar-refractivity contribution < 1.29 is 10.2 Å². The third-order valence-electron chi connectivity index (χ3n) is 1.86. The van der Waals surface area contributed by atoms with Crippen LogP contribution in [0.2, 0.25) is 0 Å². The van der Waals surface area contributed by atoms with Crippen LogP contribution in [0.5, 0.6) is 11.5 Å². The van der Waals surface area contributed by atoms with Crippen molar-refractivity contribution in [2.24, 2.45) is 0 Å². The molecule has 2 rings (SSSR count). The summed E-state index contributed by atoms with van der Waals surface area (Å²) in [5.41, 5.74) is 1.81. The molecule has 0 aliphatic rings. The highest BCUT2D eigenvalue weighted by Gasteiger charge is 1.95. The zero-order chi connectivity index (χ0) is 12.8. The maximum absolute atomic E-state index is 8.93. The lowest BCUT2D eigenvalue weighted by molar-refractivity contribution is 0.468. The van der Waals surface area contributed by atoms with E-state index in [2.05, 4.69) is 25.9 Å². The number of nitrogens with zero attached hydrogens (tertiary/aromatic N) is 2. The zero-order valence-electron chi connectivity index (χ0n) is 9.55. The Hall–Kier alpha value is -1.62. The monoisotopic (exact) mass is 296 g/mol. The smallest absolute Gasteiger partial charge is 0.148 e. The summed E-state index contributed by atoms with van der Waals surface area (Å²) < 4.78 is 0.502. The average Bonchev–Trinajstić information content (AvgIpc) is 2.29. The number of halogens is 1. The largest absolute Gasteiger partial charge is 0.506 e. The Morgan fingerprint density at radius 1 is 1.00 bits per heavy atom. The predicted molar refractivity (Wildman–Crippen MR) is 69.0 cm³/mol. The summed E-state index contributed by atoms with van der Waals surface area (Å²) in [6.45, 7) is 3.74. The van der Waals surface area contributed by atoms with Gasteiger partial charge in [-0.2, -0.15) is 0 Å². The van der Waals surface area contributed by atoms with Crippen LogP contribution >= 0.6 is 15.9 Å². The van der Waals surface area contributed by atoms with Crippen LogP contribution in [0.15, 0.2) is 35.1 Å². The Morgan fingerprint density at radius 3 is 2.06 bits per heavy atom. The van der Waals surface area contributed by atoms with Crippen LogP contribution in [-0.4, -0.2) is 20.2 Å². The Kier molecular flexibility index (Phi) is 4.90. The Balaban J connectivity index is 0.000000171. The lowest BCUT2D eigenvalue weighted by Crippen LogP contribution is -1.79. The second kappa shape index (κ2) is 6.20. The number of hydrogen-bond donors (Lipinski definition) is 2. The molecule has 0 radical (unpaired) electrons. The van der Waals surface area contributed by atoms with Gasteiger partial charge >= 0.3 is 0 Å². The fourth-order valence-corrected chi connectivity index (χ4v) is 1.39. The molecule has 17 heavy (non-hydrogen) atoms. The van der Waals surface area contributed by atoms with E-state index in [9.17, 15) is 0 Å². The molecule has 0 fully saturated rings. The van der Waals surface area contributed by atoms with Crippen molar-refractivity contribution in [3.05, 3.63) is 46.5 Å². The van der Waals surface area contributed by atoms with Gasteiger partial charge in [0.15, 0.2) is 0 Å². The molecule has 2 N–H and O–H groups in total. The fourth-order valence-electron chi connectivity index (χ4n) is 0.978. The van der Waals surface area contributed by atoms with Gasteiger partial charge in [-0.15, -0.1) is 0 Å². The first kappa shape index (κ1) is 13.4. The minimum atomic E-state index is 0.181. The van der Waals surface area contributed by atoms with E-state index >= 15 is 0 Å². The van der Waals surface area contributed by atoms with E-state index < -0.39 is 0 Å². The van der Waals surface area contributed by atoms with Gasteiger partial charge in [0.2, 0.25) is 0 Å². The minimum Gasteiger partial charge on any atom is -0.506 e. The van der Waals surface area contributed by atoms with Crippen molar-refractivity contribution in [3.63, 3.8) is 0 Å². The minimum absolute atomic E-state index is 0.181. The SMILES string of the molecule is Cc1ccc(O)c(Br)n1.Cc1ccc(O)cn1. The Bertz CT molecular complexity index is 465. The van der Waals surface area contributed by atoms with E-state index in [0.717, 1.165) is 11.4 Å². The number of aryl methyl sites for hydroxylation is 2. The van der Waals surface area contributed by atoms with Crippen LogP contribution in [0.3, 0.4) is 0 Å². The highest BCUT2D eigenvalue weighted by molar-refractivity contribution is 9.10. The Morgan fingerprint density at radius 2 is 1.65 bits per heavy atom. The lowest BCUT2D eigenvalue weighted by Gasteiger charge is -1.94. The molecule has 0 saturated carbocycles. The zero-order valence-corrected chi connectivity index (χ0v) is 11.1. The number of pyridine rings is 2. The normalized spacial score (nSPS) is 9.35. The van der Waals surface area contributed by atoms with Gasteiger partial charge in [-0.3, -0.25) is 4.98 Å². The molecule has 0 amide bonds. The van der Waals surface area contributed by atoms with Crippen molar-refractivity contribution in [2.75, 3.05) is 0 Å². The van der Waals surface area contributed by atoms with Gasteiger partial charge in [-0.1, -0.05) is 0 Å². The maximum Gasteiger partial charge on any atom is 0.148 e. The van der Waals surface area contributed by atoms with Gasteiger partial charge in [0.05, 0.1) is 6.20 Å². The molecule has 90 valence electrons. The topological polar surface area (TPSA) is 66.2 Å². The van der Waals surface area contributed by atoms with Crippen molar-refractivity contribution in [3.8, 4) is 11.5 Å². The van der Waals surface area contributed by atoms with Gasteiger partial charge < -0.3 is 10.2 Å². The summed E-state index contributed by atoms with van der Waals surface area (Å²) in [4.78, 5) is 7.77. The van der Waals surface area contributed by atoms with E-state index in [1.54, 1.807) is 24.3 Å². The first-order valence-electron chi connectivity index (χ1n) is 4.93. The summed E-state index contributed by atoms with van der Waals surface area (Å²) in [6, 6.07) is 6.73. The van der Waals surface area contributed by atoms with Crippen molar-refractivity contribution in [1.29, 1.82) is 0 Å². The highest BCUT2D eigenvalue weighted by atomic mass is 79.9. The quantitative estimate of drug-likeness (QED) is 0.734. The molecule has 4 nitrogen and oxygen atoms in total. The standard InChI is InChI=1S/C6H6BrNO.C6H7NO/c1-4-2-3-5(9)6(7)8-4;1-5-2-3-6(8)4-7-5/h2-3,9H,1H3;2-4,8H,1H3. The predicted octanol–water partition coefficient (Wildman–Crippen LogP) is 2.95. The summed E-state index contributed by atoms with van der Waals surface area (Å²) in [7, 11) is 0. The first-order valence-corrected chi connectivity index (χ1v) is 5.72. The number of rotatable bonds is 0. The molecule has 0 aromatic carbocycles. The van der Waals surface area contributed by atoms with Gasteiger partial charge in [0.25, 0.3) is 0 Å². The van der Waals surface area contributed by atoms with E-state index in [0.29, 0.717) is 4.60 Å². The van der Waals surface area contributed by atoms with Gasteiger partial charge in [-0.05, 0) is 54.0 Å². The molecule has 0 bridgehead atoms. The summed E-state index contributed by atoms with van der Waals surface area (Å²) in [6.07, 6.45) is 1.43. The van der Waals surface area contributed by atoms with Crippen molar-refractivity contribution in [2.45, 2.75) is 13.8 Å². The van der Waals surface area contributed by atoms with Gasteiger partial charge in [-0.25, -0.2) is 4.98 Å². The van der Waals surface area contributed by atoms with Crippen LogP contribution in [0, 0.1) is 13.8 Å². The fraction of sp³-hybridized carbons (Fsp3) is 0.167. The molecule has 2 aromatic rings. The van der Waals surface area contributed by atoms with Crippen LogP contribution < -0.4 is 0 Å². The number of aromatic hydroxyl groups is 2. The van der Waals surface area contributed by atoms with Gasteiger partial charge in [0.1, 0.15) is 16.1 Å². The van der Waals surface area contributed by atoms with E-state index in [1.165, 1.54) is 6.20 Å². The molecule has 2 heterocycles. The first-order chi connectivity index (χ1) is 7.99. The summed E-state index contributed by atoms with van der Waals surface area (Å²) in [5, 5.41) is 17.6. The van der Waals surface area contributed by atoms with Crippen LogP contribution in [0.1, 0.15) is 11.4 Å². The maximum atomic E-state index is 8.93. The second-order valence-corrected chi connectivity index (χ2v) is 4.17. The average molecular weight is 297 g/mol. The molecule has 0 aliphatic heterocycles. The van der Waals surface area contributed by atoms with Crippen LogP contribution in [-0.2, 0) is 0 Å². The molecule has 0 atom stereocenters. The molecule has 0 unspecified atom stereocenters. The highest BCUT2D eigenvalue weighted by Crippen LogP contribution is 2.19. The van der Waals surface area contributed by atoms with Crippen LogP contribution in [0.4, 0.5) is 0 Å². The van der Waals surface area contributed by atoms with Crippen molar-refractivity contribution in [1.82, 2.24) is 9.97 Å². The molecule has 5 heteroatoms. The summed E-state index contributed by atoms with van der Waals surface area (Å²) >= 11 is 3.08. The Labute approximate surface area is 108 Å². The van der Waals surface area contributed by atoms with E-state index in [4.69, 9.17) is 10.2 Å². The molecule has 0 spiro atoms. The van der Waals surface area contributed by atoms with Crippen molar-refractivity contribution >= 4 is 15.9 Å². The second-order valence-electron chi connectivity index (χ2n) is 3.42. The van der Waals surface area contributed by atoms with Gasteiger partial charge in [0, 0.05) is 11.4 Å². The third-order valence-corrected chi connectivity index (χ3v) is 2.45. The van der Waals surface area contributed by atoms with E-state index in [-0.39, 0.29) is 11.5 Å². The molecular formula is C12H13BrN2O2. The molecular weight excluding hydrogens is 284 g/mol. The number of aromatic nitrogens is 2. The van der Waals surface area contributed by atoms with Crippen LogP contribution in [0.25, 0.3) is 0 Å². The summed E-state index contributed by atoms with van der Waals surface area (Å²) in [5.74, 6) is 0.399. The molecule has 2 aromatic heterocycles. The molecule has 0 saturated heterocycles. The third kappa shape index (κ3) is 4.82. The lowest BCUT2D eigenvalue weighted by atomic mass is 10.4.